The molecule has 4 heterocycles. The van der Waals surface area contributed by atoms with Gasteiger partial charge in [0.2, 0.25) is 5.43 Å². The quantitative estimate of drug-likeness (QED) is 0.647. The number of hydroxylamine groups is 2. The van der Waals surface area contributed by atoms with E-state index in [0.29, 0.717) is 30.7 Å². The van der Waals surface area contributed by atoms with Crippen molar-refractivity contribution in [3.63, 3.8) is 0 Å². The van der Waals surface area contributed by atoms with E-state index in [1.54, 1.807) is 9.96 Å². The lowest BCUT2D eigenvalue weighted by Gasteiger charge is -2.42. The lowest BCUT2D eigenvalue weighted by atomic mass is 9.82. The van der Waals surface area contributed by atoms with Crippen LogP contribution in [-0.2, 0) is 11.4 Å². The fourth-order valence-corrected chi connectivity index (χ4v) is 6.31. The molecule has 3 aliphatic heterocycles. The zero-order chi connectivity index (χ0) is 26.2. The average Bonchev–Trinajstić information content (AvgIpc) is 3.64. The van der Waals surface area contributed by atoms with Crippen LogP contribution in [0.25, 0.3) is 0 Å². The summed E-state index contributed by atoms with van der Waals surface area (Å²) in [6, 6.07) is 2.74. The number of rotatable bonds is 4. The molecule has 6 rings (SSSR count). The highest BCUT2D eigenvalue weighted by molar-refractivity contribution is 5.99. The summed E-state index contributed by atoms with van der Waals surface area (Å²) in [5, 5.41) is 12.5. The molecule has 1 aliphatic carbocycles. The van der Waals surface area contributed by atoms with E-state index in [4.69, 9.17) is 10.6 Å². The van der Waals surface area contributed by atoms with E-state index in [1.165, 1.54) is 22.9 Å². The first-order valence-corrected chi connectivity index (χ1v) is 12.6. The highest BCUT2D eigenvalue weighted by atomic mass is 19.1. The van der Waals surface area contributed by atoms with E-state index in [-0.39, 0.29) is 30.9 Å². The van der Waals surface area contributed by atoms with Crippen molar-refractivity contribution in [2.75, 3.05) is 6.54 Å². The molecule has 3 N–H and O–H groups in total. The fraction of sp³-hybridized carbons (Fsp3) is 0.500. The lowest BCUT2D eigenvalue weighted by molar-refractivity contribution is -0.228. The van der Waals surface area contributed by atoms with Crippen molar-refractivity contribution in [3.8, 4) is 5.75 Å². The molecule has 196 valence electrons. The molecule has 2 amide bonds. The Morgan fingerprint density at radius 3 is 2.68 bits per heavy atom. The number of hydrogen-bond donors (Lipinski definition) is 2. The second kappa shape index (κ2) is 8.35. The Morgan fingerprint density at radius 2 is 2.00 bits per heavy atom. The SMILES string of the molecule is C[C@H]1CC[C@]2(CC(C3CC3)N(Cc3ccc(F)cc3F)O2)[C@H]2CN1C(=O)c1c(O)c(=O)c(C(N)=O)cn12. The summed E-state index contributed by atoms with van der Waals surface area (Å²) in [6.07, 6.45) is 5.03. The minimum absolute atomic E-state index is 0.0315. The third-order valence-electron chi connectivity index (χ3n) is 8.50. The van der Waals surface area contributed by atoms with Gasteiger partial charge < -0.3 is 20.3 Å². The summed E-state index contributed by atoms with van der Waals surface area (Å²) >= 11 is 0. The maximum Gasteiger partial charge on any atom is 0.274 e. The molecule has 37 heavy (non-hydrogen) atoms. The molecule has 1 aromatic carbocycles. The molecule has 1 saturated carbocycles. The van der Waals surface area contributed by atoms with Crippen LogP contribution < -0.4 is 11.2 Å². The van der Waals surface area contributed by atoms with Gasteiger partial charge in [0.25, 0.3) is 11.8 Å². The van der Waals surface area contributed by atoms with Crippen LogP contribution in [0.4, 0.5) is 8.78 Å². The predicted octanol–water partition coefficient (Wildman–Crippen LogP) is 2.47. The van der Waals surface area contributed by atoms with Gasteiger partial charge in [0.05, 0.1) is 12.6 Å². The first-order chi connectivity index (χ1) is 17.6. The van der Waals surface area contributed by atoms with E-state index >= 15 is 0 Å². The molecule has 1 unspecified atom stereocenters. The van der Waals surface area contributed by atoms with Crippen molar-refractivity contribution in [2.24, 2.45) is 11.7 Å². The number of fused-ring (bicyclic) bond motifs is 5. The Hall–Kier alpha value is -3.31. The first-order valence-electron chi connectivity index (χ1n) is 12.6. The van der Waals surface area contributed by atoms with Crippen LogP contribution in [0.1, 0.15) is 71.5 Å². The van der Waals surface area contributed by atoms with Crippen LogP contribution in [0, 0.1) is 17.6 Å². The molecule has 11 heteroatoms. The van der Waals surface area contributed by atoms with Crippen LogP contribution in [0.2, 0.25) is 0 Å². The normalized spacial score (nSPS) is 29.4. The fourth-order valence-electron chi connectivity index (χ4n) is 6.31. The van der Waals surface area contributed by atoms with Gasteiger partial charge in [-0.2, -0.15) is 5.06 Å². The third kappa shape index (κ3) is 3.74. The number of nitrogens with two attached hydrogens (primary N) is 1. The van der Waals surface area contributed by atoms with Crippen LogP contribution in [0.3, 0.4) is 0 Å². The number of hydrogen-bond acceptors (Lipinski definition) is 6. The average molecular weight is 515 g/mol. The summed E-state index contributed by atoms with van der Waals surface area (Å²) in [5.41, 5.74) is 3.31. The first kappa shape index (κ1) is 24.1. The van der Waals surface area contributed by atoms with Crippen LogP contribution in [0.15, 0.2) is 29.2 Å². The smallest absolute Gasteiger partial charge is 0.274 e. The van der Waals surface area contributed by atoms with Crippen molar-refractivity contribution in [3.05, 3.63) is 63.1 Å². The summed E-state index contributed by atoms with van der Waals surface area (Å²) in [7, 11) is 0. The Kier molecular flexibility index (Phi) is 5.43. The molecule has 0 radical (unpaired) electrons. The van der Waals surface area contributed by atoms with Crippen molar-refractivity contribution in [1.29, 1.82) is 0 Å². The van der Waals surface area contributed by atoms with Crippen LogP contribution >= 0.6 is 0 Å². The molecule has 3 fully saturated rings. The number of carbonyl (C=O) groups is 2. The monoisotopic (exact) mass is 514 g/mol. The highest BCUT2D eigenvalue weighted by Crippen LogP contribution is 2.53. The second-order valence-electron chi connectivity index (χ2n) is 10.8. The number of pyridine rings is 1. The number of nitrogens with zero attached hydrogens (tertiary/aromatic N) is 3. The molecule has 1 spiro atoms. The van der Waals surface area contributed by atoms with Gasteiger partial charge >= 0.3 is 0 Å². The Bertz CT molecular complexity index is 1380. The van der Waals surface area contributed by atoms with Crippen LogP contribution in [0.5, 0.6) is 5.75 Å². The minimum Gasteiger partial charge on any atom is -0.503 e. The van der Waals surface area contributed by atoms with Gasteiger partial charge in [-0.3, -0.25) is 19.2 Å². The summed E-state index contributed by atoms with van der Waals surface area (Å²) in [5.74, 6) is -3.25. The highest BCUT2D eigenvalue weighted by Gasteiger charge is 2.58. The summed E-state index contributed by atoms with van der Waals surface area (Å²) < 4.78 is 29.6. The minimum atomic E-state index is -1.00. The zero-order valence-corrected chi connectivity index (χ0v) is 20.3. The Labute approximate surface area is 211 Å². The van der Waals surface area contributed by atoms with E-state index in [0.717, 1.165) is 18.9 Å². The maximum absolute atomic E-state index is 14.6. The van der Waals surface area contributed by atoms with Crippen molar-refractivity contribution in [2.45, 2.75) is 69.3 Å². The second-order valence-corrected chi connectivity index (χ2v) is 10.8. The molecular formula is C26H28F2N4O5. The molecule has 1 aromatic heterocycles. The molecule has 2 bridgehead atoms. The van der Waals surface area contributed by atoms with E-state index in [9.17, 15) is 28.3 Å². The number of primary amides is 1. The number of carbonyl (C=O) groups excluding carboxylic acids is 2. The standard InChI is InChI=1S/C26H28F2N4O5/c1-13-6-7-26(9-19(14-2-3-14)32(37-26)10-15-4-5-16(27)8-18(15)28)20-12-30(13)25(36)21-23(34)22(33)17(24(29)35)11-31(20)21/h4-5,8,11,13-14,19-20,34H,2-3,6-7,9-10,12H2,1H3,(H2,29,35)/t13-,19?,20+,26-/m0/s1. The summed E-state index contributed by atoms with van der Waals surface area (Å²) in [6.45, 7) is 2.29. The van der Waals surface area contributed by atoms with Gasteiger partial charge in [-0.25, -0.2) is 8.78 Å². The number of amides is 2. The van der Waals surface area contributed by atoms with E-state index in [2.05, 4.69) is 0 Å². The Balaban J connectivity index is 1.46. The number of aromatic nitrogens is 1. The van der Waals surface area contributed by atoms with E-state index in [1.807, 2.05) is 6.92 Å². The molecule has 2 saturated heterocycles. The van der Waals surface area contributed by atoms with Crippen molar-refractivity contribution < 1.29 is 28.3 Å². The zero-order valence-electron chi connectivity index (χ0n) is 20.3. The van der Waals surface area contributed by atoms with Crippen molar-refractivity contribution in [1.82, 2.24) is 14.5 Å². The largest absolute Gasteiger partial charge is 0.503 e. The third-order valence-corrected chi connectivity index (χ3v) is 8.50. The topological polar surface area (TPSA) is 118 Å². The number of halogens is 2. The molecular weight excluding hydrogens is 486 g/mol. The molecule has 2 aromatic rings. The van der Waals surface area contributed by atoms with Gasteiger partial charge in [-0.05, 0) is 51.0 Å². The van der Waals surface area contributed by atoms with Gasteiger partial charge in [0, 0.05) is 36.5 Å². The summed E-state index contributed by atoms with van der Waals surface area (Å²) in [4.78, 5) is 46.4. The van der Waals surface area contributed by atoms with E-state index < -0.39 is 51.8 Å². The van der Waals surface area contributed by atoms with Gasteiger partial charge in [0.1, 0.15) is 22.8 Å². The molecule has 9 nitrogen and oxygen atoms in total. The lowest BCUT2D eigenvalue weighted by Crippen LogP contribution is -2.52. The van der Waals surface area contributed by atoms with Crippen LogP contribution in [-0.4, -0.2) is 55.7 Å². The molecule has 4 atom stereocenters. The predicted molar refractivity (Wildman–Crippen MR) is 127 cm³/mol. The molecule has 4 aliphatic rings. The van der Waals surface area contributed by atoms with Gasteiger partial charge in [0.15, 0.2) is 11.4 Å². The number of benzene rings is 1. The van der Waals surface area contributed by atoms with Crippen molar-refractivity contribution >= 4 is 11.8 Å². The number of aromatic hydroxyl groups is 1. The maximum atomic E-state index is 14.6. The van der Waals surface area contributed by atoms with Gasteiger partial charge in [-0.1, -0.05) is 6.07 Å². The Morgan fingerprint density at radius 1 is 1.24 bits per heavy atom. The van der Waals surface area contributed by atoms with Gasteiger partial charge in [-0.15, -0.1) is 0 Å².